The molecule has 1 saturated heterocycles. The van der Waals surface area contributed by atoms with Gasteiger partial charge in [0.25, 0.3) is 0 Å². The van der Waals surface area contributed by atoms with Crippen LogP contribution in [0.3, 0.4) is 0 Å². The first-order chi connectivity index (χ1) is 26.4. The monoisotopic (exact) mass is 752 g/mol. The summed E-state index contributed by atoms with van der Waals surface area (Å²) in [6, 6.07) is 0. The molecule has 0 radical (unpaired) electrons. The van der Waals surface area contributed by atoms with Crippen LogP contribution in [-0.2, 0) is 9.47 Å². The van der Waals surface area contributed by atoms with E-state index in [1.165, 1.54) is 147 Å². The molecule has 0 aliphatic carbocycles. The molecule has 0 aromatic carbocycles. The molecule has 1 aliphatic heterocycles. The van der Waals surface area contributed by atoms with Crippen molar-refractivity contribution in [2.24, 2.45) is 5.10 Å². The molecule has 1 aliphatic rings. The molecule has 5 nitrogen and oxygen atoms in total. The maximum atomic E-state index is 6.83. The molecule has 1 unspecified atom stereocenters. The van der Waals surface area contributed by atoms with Gasteiger partial charge in [-0.2, -0.15) is 5.10 Å². The van der Waals surface area contributed by atoms with Crippen LogP contribution in [-0.4, -0.2) is 62.3 Å². The van der Waals surface area contributed by atoms with Crippen molar-refractivity contribution in [3.63, 3.8) is 0 Å². The van der Waals surface area contributed by atoms with Crippen LogP contribution in [0.25, 0.3) is 0 Å². The molecule has 0 saturated carbocycles. The summed E-state index contributed by atoms with van der Waals surface area (Å²) in [6.45, 7) is 13.0. The van der Waals surface area contributed by atoms with E-state index in [1.807, 2.05) is 5.01 Å². The number of allylic oxidation sites excluding steroid dienone is 9. The number of hydrazone groups is 1. The van der Waals surface area contributed by atoms with Crippen molar-refractivity contribution < 1.29 is 9.47 Å². The summed E-state index contributed by atoms with van der Waals surface area (Å²) < 4.78 is 13.4. The van der Waals surface area contributed by atoms with Gasteiger partial charge in [0, 0.05) is 32.3 Å². The van der Waals surface area contributed by atoms with Crippen LogP contribution >= 0.6 is 0 Å². The van der Waals surface area contributed by atoms with Crippen LogP contribution in [0.15, 0.2) is 65.5 Å². The molecule has 0 amide bonds. The van der Waals surface area contributed by atoms with Crippen LogP contribution in [0.2, 0.25) is 0 Å². The van der Waals surface area contributed by atoms with E-state index in [-0.39, 0.29) is 11.9 Å². The van der Waals surface area contributed by atoms with E-state index in [2.05, 4.69) is 106 Å². The van der Waals surface area contributed by atoms with Gasteiger partial charge >= 0.3 is 0 Å². The predicted octanol–water partition coefficient (Wildman–Crippen LogP) is 14.7. The molecular formula is C49H89N3O2. The van der Waals surface area contributed by atoms with E-state index in [9.17, 15) is 0 Å². The molecule has 54 heavy (non-hydrogen) atoms. The van der Waals surface area contributed by atoms with Crippen molar-refractivity contribution in [2.75, 3.05) is 33.8 Å². The lowest BCUT2D eigenvalue weighted by atomic mass is 9.98. The molecule has 1 fully saturated rings. The zero-order valence-electron chi connectivity index (χ0n) is 36.6. The van der Waals surface area contributed by atoms with Gasteiger partial charge in [-0.25, -0.2) is 0 Å². The van der Waals surface area contributed by atoms with Crippen LogP contribution in [0.1, 0.15) is 201 Å². The third-order valence-corrected chi connectivity index (χ3v) is 10.6. The van der Waals surface area contributed by atoms with Gasteiger partial charge in [0.1, 0.15) is 0 Å². The Kier molecular flexibility index (Phi) is 34.0. The molecule has 0 aromatic rings. The average molecular weight is 752 g/mol. The molecule has 0 aromatic heterocycles. The molecule has 5 heteroatoms. The Morgan fingerprint density at radius 1 is 0.630 bits per heavy atom. The highest BCUT2D eigenvalue weighted by molar-refractivity contribution is 5.23. The summed E-state index contributed by atoms with van der Waals surface area (Å²) in [7, 11) is 4.18. The highest BCUT2D eigenvalue weighted by atomic mass is 16.7. The third-order valence-electron chi connectivity index (χ3n) is 10.6. The minimum absolute atomic E-state index is 0.175. The Morgan fingerprint density at radius 2 is 1.07 bits per heavy atom. The number of ether oxygens (including phenoxy) is 2. The first kappa shape index (κ1) is 50.1. The van der Waals surface area contributed by atoms with Crippen molar-refractivity contribution in [2.45, 2.75) is 212 Å². The standard InChI is InChI=1S/C49H89N3O2/c1-7-9-11-13-15-17-19-21-23-25-27-29-31-33-35-37-41-49(42-38-36-34-32-30-28-26-24-22-20-18-16-14-12-10-8-2)53-46-48(54-49)40-39-47(3)45-52(50-4)44-43-51(5)6/h15-18,21-24,45,48H,4,7-14,19-20,25-44,46H2,1-3,5-6H3/b17-15-,18-16-,23-21-,24-22-,47-45+. The molecule has 1 heterocycles. The zero-order chi connectivity index (χ0) is 39.2. The number of unbranched alkanes of at least 4 members (excludes halogenated alkanes) is 18. The van der Waals surface area contributed by atoms with Gasteiger partial charge in [-0.3, -0.25) is 5.01 Å². The molecule has 0 bridgehead atoms. The van der Waals surface area contributed by atoms with Gasteiger partial charge < -0.3 is 14.4 Å². The summed E-state index contributed by atoms with van der Waals surface area (Å²) in [5.74, 6) is -0.382. The van der Waals surface area contributed by atoms with Crippen LogP contribution in [0, 0.1) is 0 Å². The fourth-order valence-corrected chi connectivity index (χ4v) is 7.10. The maximum absolute atomic E-state index is 6.83. The second kappa shape index (κ2) is 36.7. The van der Waals surface area contributed by atoms with E-state index in [0.29, 0.717) is 0 Å². The van der Waals surface area contributed by atoms with Crippen molar-refractivity contribution in [3.05, 3.63) is 60.4 Å². The lowest BCUT2D eigenvalue weighted by Crippen LogP contribution is -2.31. The second-order valence-corrected chi connectivity index (χ2v) is 16.3. The zero-order valence-corrected chi connectivity index (χ0v) is 36.6. The molecule has 312 valence electrons. The lowest BCUT2D eigenvalue weighted by molar-refractivity contribution is -0.179. The SMILES string of the molecule is C=NN(/C=C(\C)CCC1COC(CCCCCCCC/C=C\C/C=C\CCCCC)(CCCCCCCC/C=C\C/C=C\CCCCC)O1)CCN(C)C. The summed E-state index contributed by atoms with van der Waals surface area (Å²) in [5.41, 5.74) is 1.32. The van der Waals surface area contributed by atoms with Gasteiger partial charge in [-0.1, -0.05) is 145 Å². The van der Waals surface area contributed by atoms with Gasteiger partial charge in [0.05, 0.1) is 19.3 Å². The molecule has 0 N–H and O–H groups in total. The topological polar surface area (TPSA) is 37.3 Å². The molecular weight excluding hydrogens is 663 g/mol. The molecule has 0 spiro atoms. The summed E-state index contributed by atoms with van der Waals surface area (Å²) in [6.07, 6.45) is 55.8. The fraction of sp³-hybridized carbons (Fsp3) is 0.776. The molecule has 1 atom stereocenters. The van der Waals surface area contributed by atoms with Gasteiger partial charge in [0.2, 0.25) is 0 Å². The summed E-state index contributed by atoms with van der Waals surface area (Å²) in [4.78, 5) is 2.18. The number of rotatable bonds is 38. The van der Waals surface area contributed by atoms with Crippen molar-refractivity contribution in [1.29, 1.82) is 0 Å². The number of hydrogen-bond donors (Lipinski definition) is 0. The van der Waals surface area contributed by atoms with E-state index in [1.54, 1.807) is 0 Å². The Labute approximate surface area is 336 Å². The smallest absolute Gasteiger partial charge is 0.168 e. The Bertz CT molecular complexity index is 949. The van der Waals surface area contributed by atoms with Crippen molar-refractivity contribution >= 4 is 6.72 Å². The van der Waals surface area contributed by atoms with E-state index < -0.39 is 0 Å². The van der Waals surface area contributed by atoms with Crippen LogP contribution < -0.4 is 0 Å². The van der Waals surface area contributed by atoms with Crippen LogP contribution in [0.5, 0.6) is 0 Å². The van der Waals surface area contributed by atoms with Gasteiger partial charge in [-0.05, 0) is 111 Å². The normalized spacial score (nSPS) is 16.4. The number of nitrogens with zero attached hydrogens (tertiary/aromatic N) is 3. The quantitative estimate of drug-likeness (QED) is 0.0272. The summed E-state index contributed by atoms with van der Waals surface area (Å²) in [5, 5.41) is 6.16. The highest BCUT2D eigenvalue weighted by Crippen LogP contribution is 2.36. The maximum Gasteiger partial charge on any atom is 0.168 e. The third kappa shape index (κ3) is 30.3. The van der Waals surface area contributed by atoms with E-state index >= 15 is 0 Å². The largest absolute Gasteiger partial charge is 0.347 e. The highest BCUT2D eigenvalue weighted by Gasteiger charge is 2.40. The first-order valence-corrected chi connectivity index (χ1v) is 22.9. The first-order valence-electron chi connectivity index (χ1n) is 22.9. The summed E-state index contributed by atoms with van der Waals surface area (Å²) >= 11 is 0. The minimum Gasteiger partial charge on any atom is -0.347 e. The number of likely N-dealkylation sites (N-methyl/N-ethyl adjacent to an activating group) is 1. The van der Waals surface area contributed by atoms with Crippen LogP contribution in [0.4, 0.5) is 0 Å². The Balaban J connectivity index is 2.40. The Morgan fingerprint density at radius 3 is 1.52 bits per heavy atom. The molecule has 1 rings (SSSR count). The predicted molar refractivity (Wildman–Crippen MR) is 239 cm³/mol. The van der Waals surface area contributed by atoms with Crippen molar-refractivity contribution in [1.82, 2.24) is 9.91 Å². The average Bonchev–Trinajstić information content (AvgIpc) is 3.58. The van der Waals surface area contributed by atoms with E-state index in [4.69, 9.17) is 9.47 Å². The fourth-order valence-electron chi connectivity index (χ4n) is 7.10. The van der Waals surface area contributed by atoms with E-state index in [0.717, 1.165) is 58.2 Å². The number of hydrogen-bond acceptors (Lipinski definition) is 5. The Hall–Kier alpha value is -1.95. The second-order valence-electron chi connectivity index (χ2n) is 16.3. The van der Waals surface area contributed by atoms with Gasteiger partial charge in [0.15, 0.2) is 5.79 Å². The lowest BCUT2D eigenvalue weighted by Gasteiger charge is -2.28. The minimum atomic E-state index is -0.382. The van der Waals surface area contributed by atoms with Gasteiger partial charge in [-0.15, -0.1) is 0 Å². The van der Waals surface area contributed by atoms with Crippen molar-refractivity contribution in [3.8, 4) is 0 Å².